The minimum atomic E-state index is -0.153. The molecule has 1 aromatic rings. The molecule has 9 heavy (non-hydrogen) atoms. The van der Waals surface area contributed by atoms with Gasteiger partial charge in [0.15, 0.2) is 0 Å². The topological polar surface area (TPSA) is 47.8 Å². The van der Waals surface area contributed by atoms with Crippen molar-refractivity contribution < 1.29 is 0 Å². The second-order valence-electron chi connectivity index (χ2n) is 1.56. The van der Waals surface area contributed by atoms with E-state index in [0.717, 1.165) is 0 Å². The fourth-order valence-corrected chi connectivity index (χ4v) is 0.550. The molecule has 1 aromatic heterocycles. The Kier molecular flexibility index (Phi) is 1.58. The van der Waals surface area contributed by atoms with Crippen LogP contribution in [0.15, 0.2) is 17.3 Å². The lowest BCUT2D eigenvalue weighted by Crippen LogP contribution is -2.20. The molecule has 0 radical (unpaired) electrons. The third-order valence-corrected chi connectivity index (χ3v) is 0.997. The molecule has 0 aliphatic carbocycles. The average Bonchev–Trinajstić information content (AvgIpc) is 1.89. The summed E-state index contributed by atoms with van der Waals surface area (Å²) in [5, 5.41) is 3.69. The summed E-state index contributed by atoms with van der Waals surface area (Å²) in [7, 11) is 0. The standard InChI is InChI=1S/C5H7N3O/c1-2-8-5(9)3-6-4-7-8/h3-4H,2H2,1H3. The zero-order valence-electron chi connectivity index (χ0n) is 5.11. The van der Waals surface area contributed by atoms with Crippen molar-refractivity contribution >= 4 is 0 Å². The fourth-order valence-electron chi connectivity index (χ4n) is 0.550. The Balaban J connectivity index is 3.16. The highest BCUT2D eigenvalue weighted by molar-refractivity contribution is 4.68. The molecule has 0 saturated heterocycles. The summed E-state index contributed by atoms with van der Waals surface area (Å²) in [6.45, 7) is 2.45. The van der Waals surface area contributed by atoms with Gasteiger partial charge in [-0.3, -0.25) is 4.79 Å². The van der Waals surface area contributed by atoms with Crippen molar-refractivity contribution in [2.75, 3.05) is 0 Å². The van der Waals surface area contributed by atoms with E-state index in [1.807, 2.05) is 6.92 Å². The van der Waals surface area contributed by atoms with Gasteiger partial charge in [-0.05, 0) is 6.92 Å². The van der Waals surface area contributed by atoms with Crippen LogP contribution < -0.4 is 5.56 Å². The van der Waals surface area contributed by atoms with E-state index in [2.05, 4.69) is 10.1 Å². The van der Waals surface area contributed by atoms with Gasteiger partial charge in [0.1, 0.15) is 6.33 Å². The maximum absolute atomic E-state index is 10.7. The smallest absolute Gasteiger partial charge is 0.266 e. The molecular formula is C5H7N3O. The van der Waals surface area contributed by atoms with Crippen molar-refractivity contribution in [3.05, 3.63) is 22.9 Å². The molecular weight excluding hydrogens is 118 g/mol. The highest BCUT2D eigenvalue weighted by atomic mass is 16.1. The highest BCUT2D eigenvalue weighted by Gasteiger charge is 1.87. The molecule has 0 saturated carbocycles. The Morgan fingerprint density at radius 2 is 2.56 bits per heavy atom. The summed E-state index contributed by atoms with van der Waals surface area (Å²) in [5.41, 5.74) is -0.153. The van der Waals surface area contributed by atoms with Gasteiger partial charge in [-0.2, -0.15) is 5.10 Å². The normalized spacial score (nSPS) is 9.44. The van der Waals surface area contributed by atoms with E-state index >= 15 is 0 Å². The Labute approximate surface area is 52.2 Å². The van der Waals surface area contributed by atoms with Gasteiger partial charge >= 0.3 is 0 Å². The van der Waals surface area contributed by atoms with E-state index in [1.54, 1.807) is 0 Å². The monoisotopic (exact) mass is 125 g/mol. The van der Waals surface area contributed by atoms with E-state index in [0.29, 0.717) is 6.54 Å². The lowest BCUT2D eigenvalue weighted by Gasteiger charge is -1.93. The molecule has 1 rings (SSSR count). The predicted octanol–water partition coefficient (Wildman–Crippen LogP) is -0.342. The summed E-state index contributed by atoms with van der Waals surface area (Å²) in [5.74, 6) is 0. The number of hydrogen-bond donors (Lipinski definition) is 0. The molecule has 0 N–H and O–H groups in total. The third kappa shape index (κ3) is 1.13. The van der Waals surface area contributed by atoms with Gasteiger partial charge in [0, 0.05) is 6.54 Å². The van der Waals surface area contributed by atoms with Crippen LogP contribution in [-0.2, 0) is 6.54 Å². The molecule has 0 aliphatic rings. The van der Waals surface area contributed by atoms with E-state index in [1.165, 1.54) is 17.2 Å². The predicted molar refractivity (Wildman–Crippen MR) is 32.0 cm³/mol. The van der Waals surface area contributed by atoms with Crippen LogP contribution >= 0.6 is 0 Å². The van der Waals surface area contributed by atoms with Gasteiger partial charge < -0.3 is 0 Å². The van der Waals surface area contributed by atoms with Crippen LogP contribution in [-0.4, -0.2) is 14.8 Å². The van der Waals surface area contributed by atoms with Crippen molar-refractivity contribution in [3.63, 3.8) is 0 Å². The molecule has 48 valence electrons. The van der Waals surface area contributed by atoms with Gasteiger partial charge in [0.25, 0.3) is 5.56 Å². The molecule has 0 bridgehead atoms. The van der Waals surface area contributed by atoms with Crippen LogP contribution in [0.25, 0.3) is 0 Å². The molecule has 0 aromatic carbocycles. The van der Waals surface area contributed by atoms with Gasteiger partial charge in [0.2, 0.25) is 0 Å². The number of hydrogen-bond acceptors (Lipinski definition) is 3. The van der Waals surface area contributed by atoms with Crippen LogP contribution in [0.3, 0.4) is 0 Å². The lowest BCUT2D eigenvalue weighted by molar-refractivity contribution is 0.603. The van der Waals surface area contributed by atoms with Gasteiger partial charge in [-0.1, -0.05) is 0 Å². The minimum absolute atomic E-state index is 0.153. The first kappa shape index (κ1) is 5.94. The maximum Gasteiger partial charge on any atom is 0.285 e. The Hall–Kier alpha value is -1.19. The second-order valence-corrected chi connectivity index (χ2v) is 1.56. The lowest BCUT2D eigenvalue weighted by atomic mass is 10.7. The van der Waals surface area contributed by atoms with Crippen LogP contribution in [0.4, 0.5) is 0 Å². The first-order valence-corrected chi connectivity index (χ1v) is 2.71. The van der Waals surface area contributed by atoms with Crippen molar-refractivity contribution in [1.29, 1.82) is 0 Å². The highest BCUT2D eigenvalue weighted by Crippen LogP contribution is 1.67. The Morgan fingerprint density at radius 3 is 3.00 bits per heavy atom. The van der Waals surface area contributed by atoms with E-state index in [9.17, 15) is 4.79 Å². The minimum Gasteiger partial charge on any atom is -0.266 e. The summed E-state index contributed by atoms with van der Waals surface area (Å²) in [4.78, 5) is 14.2. The van der Waals surface area contributed by atoms with Crippen LogP contribution in [0, 0.1) is 0 Å². The third-order valence-electron chi connectivity index (χ3n) is 0.997. The molecule has 4 nitrogen and oxygen atoms in total. The Bertz CT molecular complexity index is 242. The zero-order valence-corrected chi connectivity index (χ0v) is 5.11. The van der Waals surface area contributed by atoms with Crippen LogP contribution in [0.2, 0.25) is 0 Å². The molecule has 0 amide bonds. The molecule has 0 unspecified atom stereocenters. The first-order chi connectivity index (χ1) is 4.34. The average molecular weight is 125 g/mol. The summed E-state index contributed by atoms with van der Waals surface area (Å²) >= 11 is 0. The summed E-state index contributed by atoms with van der Waals surface area (Å²) < 4.78 is 1.34. The SMILES string of the molecule is CCn1ncncc1=O. The molecule has 0 atom stereocenters. The number of aromatic nitrogens is 3. The maximum atomic E-state index is 10.7. The number of rotatable bonds is 1. The van der Waals surface area contributed by atoms with Crippen molar-refractivity contribution in [2.45, 2.75) is 13.5 Å². The first-order valence-electron chi connectivity index (χ1n) is 2.71. The summed E-state index contributed by atoms with van der Waals surface area (Å²) in [6.07, 6.45) is 2.60. The molecule has 0 aliphatic heterocycles. The Morgan fingerprint density at radius 1 is 1.78 bits per heavy atom. The quantitative estimate of drug-likeness (QED) is 0.515. The molecule has 4 heteroatoms. The van der Waals surface area contributed by atoms with E-state index < -0.39 is 0 Å². The molecule has 0 fully saturated rings. The second kappa shape index (κ2) is 2.39. The van der Waals surface area contributed by atoms with Crippen molar-refractivity contribution in [1.82, 2.24) is 14.8 Å². The number of aryl methyl sites for hydroxylation is 1. The molecule has 1 heterocycles. The van der Waals surface area contributed by atoms with Gasteiger partial charge in [0.05, 0.1) is 6.20 Å². The fraction of sp³-hybridized carbons (Fsp3) is 0.400. The number of nitrogens with zero attached hydrogens (tertiary/aromatic N) is 3. The zero-order chi connectivity index (χ0) is 6.69. The van der Waals surface area contributed by atoms with Crippen LogP contribution in [0.5, 0.6) is 0 Å². The summed E-state index contributed by atoms with van der Waals surface area (Å²) in [6, 6.07) is 0. The van der Waals surface area contributed by atoms with Crippen LogP contribution in [0.1, 0.15) is 6.92 Å². The van der Waals surface area contributed by atoms with E-state index in [4.69, 9.17) is 0 Å². The van der Waals surface area contributed by atoms with Gasteiger partial charge in [-0.25, -0.2) is 9.67 Å². The van der Waals surface area contributed by atoms with E-state index in [-0.39, 0.29) is 5.56 Å². The largest absolute Gasteiger partial charge is 0.285 e. The molecule has 0 spiro atoms. The van der Waals surface area contributed by atoms with Gasteiger partial charge in [-0.15, -0.1) is 0 Å². The van der Waals surface area contributed by atoms with Crippen molar-refractivity contribution in [3.8, 4) is 0 Å². The van der Waals surface area contributed by atoms with Crippen molar-refractivity contribution in [2.24, 2.45) is 0 Å².